The number of carbonyl (C=O) groups excluding carboxylic acids is 1. The van der Waals surface area contributed by atoms with Crippen LogP contribution in [-0.4, -0.2) is 35.0 Å². The number of hydrogen-bond donors (Lipinski definition) is 3. The van der Waals surface area contributed by atoms with Gasteiger partial charge in [-0.3, -0.25) is 9.59 Å². The number of carboxylic acid groups (broad SMARTS) is 1. The van der Waals surface area contributed by atoms with Gasteiger partial charge in [0.05, 0.1) is 5.54 Å². The highest BCUT2D eigenvalue weighted by Gasteiger charge is 2.19. The van der Waals surface area contributed by atoms with Crippen molar-refractivity contribution in [1.29, 1.82) is 0 Å². The van der Waals surface area contributed by atoms with Gasteiger partial charge in [-0.15, -0.1) is 0 Å². The predicted molar refractivity (Wildman–Crippen MR) is 73.2 cm³/mol. The molecule has 0 aromatic rings. The van der Waals surface area contributed by atoms with Crippen LogP contribution in [0.3, 0.4) is 0 Å². The van der Waals surface area contributed by atoms with E-state index in [-0.39, 0.29) is 26.2 Å². The molecule has 17 heavy (non-hydrogen) atoms. The zero-order valence-corrected chi connectivity index (χ0v) is 10.3. The summed E-state index contributed by atoms with van der Waals surface area (Å²) in [5, 5.41) is 11.0. The molecule has 0 amide bonds. The van der Waals surface area contributed by atoms with Crippen molar-refractivity contribution >= 4 is 11.8 Å². The first kappa shape index (κ1) is 25.0. The van der Waals surface area contributed by atoms with Crippen molar-refractivity contribution in [3.63, 3.8) is 0 Å². The lowest BCUT2D eigenvalue weighted by Crippen LogP contribution is -2.42. The minimum atomic E-state index is -1.08. The first-order valence-electron chi connectivity index (χ1n) is 4.67. The third-order valence-corrected chi connectivity index (χ3v) is 2.06. The van der Waals surface area contributed by atoms with Gasteiger partial charge in [0.1, 0.15) is 11.3 Å². The lowest BCUT2D eigenvalue weighted by atomic mass is 10.0. The molecule has 0 aliphatic carbocycles. The number of nitrogens with two attached hydrogens (primary N) is 1. The molecule has 0 heterocycles. The van der Waals surface area contributed by atoms with Gasteiger partial charge in [0.2, 0.25) is 0 Å². The molecule has 5 nitrogen and oxygen atoms in total. The second kappa shape index (κ2) is 9.13. The fraction of sp³-hybridized carbons (Fsp3) is 0.833. The third kappa shape index (κ3) is 13.0. The molecule has 0 atom stereocenters. The van der Waals surface area contributed by atoms with Gasteiger partial charge in [-0.2, -0.15) is 0 Å². The summed E-state index contributed by atoms with van der Waals surface area (Å²) >= 11 is 0. The zero-order valence-electron chi connectivity index (χ0n) is 10.3. The van der Waals surface area contributed by atoms with Crippen LogP contribution in [0.15, 0.2) is 0 Å². The summed E-state index contributed by atoms with van der Waals surface area (Å²) in [7, 11) is 1.78. The summed E-state index contributed by atoms with van der Waals surface area (Å²) < 4.78 is 0. The number of carbonyl (C=O) groups is 2. The van der Waals surface area contributed by atoms with Gasteiger partial charge in [-0.1, -0.05) is 14.9 Å². The maximum absolute atomic E-state index is 10.6. The Labute approximate surface area is 106 Å². The van der Waals surface area contributed by atoms with Crippen molar-refractivity contribution in [3.8, 4) is 0 Å². The molecule has 106 valence electrons. The molecule has 0 aliphatic rings. The topological polar surface area (TPSA) is 92.4 Å². The van der Waals surface area contributed by atoms with Gasteiger partial charge in [-0.25, -0.2) is 0 Å². The van der Waals surface area contributed by atoms with Crippen LogP contribution in [0.25, 0.3) is 0 Å². The molecule has 0 aliphatic heterocycles. The number of hydrogen-bond acceptors (Lipinski definition) is 4. The van der Waals surface area contributed by atoms with Gasteiger partial charge in [0, 0.05) is 0 Å². The van der Waals surface area contributed by atoms with Crippen LogP contribution in [0.2, 0.25) is 0 Å². The first-order valence-corrected chi connectivity index (χ1v) is 4.67. The smallest absolute Gasteiger partial charge is 0.323 e. The maximum Gasteiger partial charge on any atom is 0.323 e. The molecule has 5 heteroatoms. The SMILES string of the molecule is C.C.CC(C)(N)C(=O)O.CNC(C)(C)C(C)=O. The number of aliphatic carboxylic acids is 1. The lowest BCUT2D eigenvalue weighted by Gasteiger charge is -2.19. The van der Waals surface area contributed by atoms with E-state index >= 15 is 0 Å². The summed E-state index contributed by atoms with van der Waals surface area (Å²) in [4.78, 5) is 20.5. The summed E-state index contributed by atoms with van der Waals surface area (Å²) in [6, 6.07) is 0. The minimum absolute atomic E-state index is 0. The second-order valence-electron chi connectivity index (χ2n) is 4.46. The van der Waals surface area contributed by atoms with E-state index < -0.39 is 11.5 Å². The van der Waals surface area contributed by atoms with Crippen molar-refractivity contribution in [3.05, 3.63) is 0 Å². The molecule has 0 aromatic carbocycles. The summed E-state index contributed by atoms with van der Waals surface area (Å²) in [6.07, 6.45) is 0. The fourth-order valence-electron chi connectivity index (χ4n) is 0.176. The Bertz CT molecular complexity index is 230. The number of rotatable bonds is 3. The molecule has 4 N–H and O–H groups in total. The Morgan fingerprint density at radius 3 is 1.35 bits per heavy atom. The fourth-order valence-corrected chi connectivity index (χ4v) is 0.176. The maximum atomic E-state index is 10.6. The van der Waals surface area contributed by atoms with Crippen molar-refractivity contribution in [1.82, 2.24) is 5.32 Å². The predicted octanol–water partition coefficient (Wildman–Crippen LogP) is 1.65. The van der Waals surface area contributed by atoms with Gasteiger partial charge in [0.25, 0.3) is 0 Å². The van der Waals surface area contributed by atoms with Crippen LogP contribution in [-0.2, 0) is 9.59 Å². The Balaban J connectivity index is -0.0000000896. The van der Waals surface area contributed by atoms with E-state index in [1.807, 2.05) is 13.8 Å². The molecule has 0 spiro atoms. The summed E-state index contributed by atoms with van der Waals surface area (Å²) in [5.41, 5.74) is 3.65. The Kier molecular flexibility index (Phi) is 13.4. The largest absolute Gasteiger partial charge is 0.480 e. The third-order valence-electron chi connectivity index (χ3n) is 2.06. The number of nitrogens with one attached hydrogen (secondary N) is 1. The van der Waals surface area contributed by atoms with Gasteiger partial charge in [0.15, 0.2) is 0 Å². The van der Waals surface area contributed by atoms with E-state index in [0.29, 0.717) is 0 Å². The zero-order chi connectivity index (χ0) is 12.9. The molecule has 0 saturated carbocycles. The monoisotopic (exact) mass is 250 g/mol. The highest BCUT2D eigenvalue weighted by atomic mass is 16.4. The highest BCUT2D eigenvalue weighted by Crippen LogP contribution is 2.00. The molecule has 0 fully saturated rings. The molecule has 0 rings (SSSR count). The standard InChI is InChI=1S/C6H13NO.C4H9NO2.2CH4/c1-5(8)6(2,3)7-4;1-4(2,5)3(6)7;;/h7H,1-4H3;5H2,1-2H3,(H,6,7);2*1H4. The lowest BCUT2D eigenvalue weighted by molar-refractivity contribution is -0.141. The van der Waals surface area contributed by atoms with Crippen LogP contribution >= 0.6 is 0 Å². The molecule has 0 unspecified atom stereocenters. The first-order chi connectivity index (χ1) is 6.45. The summed E-state index contributed by atoms with van der Waals surface area (Å²) in [5.74, 6) is -0.812. The molecular formula is C12H30N2O3. The molecular weight excluding hydrogens is 220 g/mol. The number of carboxylic acids is 1. The van der Waals surface area contributed by atoms with Crippen LogP contribution in [0.4, 0.5) is 0 Å². The molecule has 0 aromatic heterocycles. The van der Waals surface area contributed by atoms with Gasteiger partial charge < -0.3 is 16.2 Å². The van der Waals surface area contributed by atoms with E-state index in [9.17, 15) is 9.59 Å². The number of Topliss-reactive ketones (excluding diaryl/α,β-unsaturated/α-hetero) is 1. The quantitative estimate of drug-likeness (QED) is 0.708. The average molecular weight is 250 g/mol. The Morgan fingerprint density at radius 2 is 1.35 bits per heavy atom. The Hall–Kier alpha value is -0.940. The molecule has 0 bridgehead atoms. The average Bonchev–Trinajstić information content (AvgIpc) is 2.03. The van der Waals surface area contributed by atoms with E-state index in [2.05, 4.69) is 5.32 Å². The van der Waals surface area contributed by atoms with Gasteiger partial charge in [-0.05, 0) is 41.7 Å². The van der Waals surface area contributed by atoms with Gasteiger partial charge >= 0.3 is 5.97 Å². The number of likely N-dealkylation sites (N-methyl/N-ethyl adjacent to an activating group) is 1. The van der Waals surface area contributed by atoms with Crippen molar-refractivity contribution in [2.24, 2.45) is 5.73 Å². The van der Waals surface area contributed by atoms with Crippen molar-refractivity contribution in [2.45, 2.75) is 60.5 Å². The van der Waals surface area contributed by atoms with Crippen LogP contribution in [0.1, 0.15) is 49.5 Å². The van der Waals surface area contributed by atoms with Crippen LogP contribution in [0.5, 0.6) is 0 Å². The normalized spacial score (nSPS) is 10.1. The second-order valence-corrected chi connectivity index (χ2v) is 4.46. The molecule has 0 saturated heterocycles. The highest BCUT2D eigenvalue weighted by molar-refractivity contribution is 5.85. The molecule has 0 radical (unpaired) electrons. The summed E-state index contributed by atoms with van der Waals surface area (Å²) in [6.45, 7) is 8.17. The van der Waals surface area contributed by atoms with E-state index in [1.165, 1.54) is 13.8 Å². The Morgan fingerprint density at radius 1 is 1.12 bits per heavy atom. The minimum Gasteiger partial charge on any atom is -0.480 e. The van der Waals surface area contributed by atoms with E-state index in [1.54, 1.807) is 14.0 Å². The van der Waals surface area contributed by atoms with E-state index in [0.717, 1.165) is 0 Å². The van der Waals surface area contributed by atoms with Crippen LogP contribution < -0.4 is 11.1 Å². The number of ketones is 1. The van der Waals surface area contributed by atoms with Crippen molar-refractivity contribution < 1.29 is 14.7 Å². The van der Waals surface area contributed by atoms with Crippen molar-refractivity contribution in [2.75, 3.05) is 7.05 Å². The van der Waals surface area contributed by atoms with E-state index in [4.69, 9.17) is 10.8 Å². The van der Waals surface area contributed by atoms with Crippen LogP contribution in [0, 0.1) is 0 Å².